The third-order valence-electron chi connectivity index (χ3n) is 4.61. The molecule has 0 amide bonds. The molecule has 0 spiro atoms. The van der Waals surface area contributed by atoms with Crippen molar-refractivity contribution in [2.24, 2.45) is 0 Å². The van der Waals surface area contributed by atoms with Crippen molar-refractivity contribution < 1.29 is 12.8 Å². The van der Waals surface area contributed by atoms with E-state index in [-0.39, 0.29) is 23.2 Å². The largest absolute Gasteiger partial charge is 0.419 e. The van der Waals surface area contributed by atoms with Gasteiger partial charge >= 0.3 is 0 Å². The second-order valence-corrected chi connectivity index (χ2v) is 9.02. The van der Waals surface area contributed by atoms with Crippen molar-refractivity contribution in [3.8, 4) is 11.6 Å². The first-order valence-electron chi connectivity index (χ1n) is 8.81. The zero-order chi connectivity index (χ0) is 19.7. The molecule has 0 N–H and O–H groups in total. The zero-order valence-electron chi connectivity index (χ0n) is 15.1. The van der Waals surface area contributed by atoms with E-state index >= 15 is 0 Å². The molecule has 8 nitrogen and oxygen atoms in total. The van der Waals surface area contributed by atoms with Crippen LogP contribution in [0.1, 0.15) is 30.3 Å². The van der Waals surface area contributed by atoms with Crippen LogP contribution in [0.5, 0.6) is 0 Å². The minimum absolute atomic E-state index is 0.178. The van der Waals surface area contributed by atoms with Crippen molar-refractivity contribution in [1.82, 2.24) is 24.5 Å². The van der Waals surface area contributed by atoms with E-state index in [0.717, 1.165) is 12.1 Å². The van der Waals surface area contributed by atoms with Gasteiger partial charge in [0, 0.05) is 24.3 Å². The van der Waals surface area contributed by atoms with E-state index in [4.69, 9.17) is 16.0 Å². The molecular weight excluding hydrogens is 402 g/mol. The van der Waals surface area contributed by atoms with Crippen molar-refractivity contribution in [2.45, 2.75) is 30.6 Å². The predicted octanol–water partition coefficient (Wildman–Crippen LogP) is 3.06. The number of hydrogen-bond donors (Lipinski definition) is 0. The van der Waals surface area contributed by atoms with Crippen molar-refractivity contribution in [3.63, 3.8) is 0 Å². The Morgan fingerprint density at radius 3 is 2.82 bits per heavy atom. The second-order valence-electron chi connectivity index (χ2n) is 6.65. The number of piperidine rings is 1. The maximum Gasteiger partial charge on any atom is 0.267 e. The Kier molecular flexibility index (Phi) is 5.13. The first-order chi connectivity index (χ1) is 13.4. The number of halogens is 1. The summed E-state index contributed by atoms with van der Waals surface area (Å²) in [6.45, 7) is 2.55. The van der Waals surface area contributed by atoms with Gasteiger partial charge in [-0.2, -0.15) is 4.31 Å². The molecule has 1 aromatic carbocycles. The van der Waals surface area contributed by atoms with Crippen molar-refractivity contribution >= 4 is 21.6 Å². The number of rotatable bonds is 4. The Morgan fingerprint density at radius 2 is 2.07 bits per heavy atom. The number of aryl methyl sites for hydroxylation is 1. The molecule has 4 rings (SSSR count). The number of nitrogens with zero attached hydrogens (tertiary/aromatic N) is 5. The number of aromatic nitrogens is 4. The summed E-state index contributed by atoms with van der Waals surface area (Å²) < 4.78 is 33.1. The van der Waals surface area contributed by atoms with E-state index in [1.807, 2.05) is 6.92 Å². The van der Waals surface area contributed by atoms with Crippen LogP contribution in [-0.4, -0.2) is 46.0 Å². The van der Waals surface area contributed by atoms with E-state index in [1.54, 1.807) is 30.6 Å². The molecule has 0 saturated carbocycles. The van der Waals surface area contributed by atoms with Gasteiger partial charge in [-0.05, 0) is 38.0 Å². The maximum atomic E-state index is 13.0. The molecule has 1 aliphatic heterocycles. The summed E-state index contributed by atoms with van der Waals surface area (Å²) in [4.78, 5) is 8.59. The van der Waals surface area contributed by atoms with Gasteiger partial charge in [0.05, 0.1) is 22.7 Å². The summed E-state index contributed by atoms with van der Waals surface area (Å²) >= 11 is 5.96. The molecule has 146 valence electrons. The topological polar surface area (TPSA) is 102 Å². The minimum Gasteiger partial charge on any atom is -0.419 e. The highest BCUT2D eigenvalue weighted by Gasteiger charge is 2.33. The summed E-state index contributed by atoms with van der Waals surface area (Å²) in [5, 5.41) is 8.54. The Morgan fingerprint density at radius 1 is 1.21 bits per heavy atom. The fourth-order valence-corrected chi connectivity index (χ4v) is 4.97. The Bertz CT molecular complexity index is 1080. The molecule has 0 bridgehead atoms. The molecule has 1 saturated heterocycles. The van der Waals surface area contributed by atoms with Crippen LogP contribution in [-0.2, 0) is 10.0 Å². The summed E-state index contributed by atoms with van der Waals surface area (Å²) in [7, 11) is -3.64. The van der Waals surface area contributed by atoms with E-state index in [1.165, 1.54) is 10.4 Å². The molecule has 3 aromatic rings. The Hall–Kier alpha value is -2.36. The third-order valence-corrected chi connectivity index (χ3v) is 6.70. The van der Waals surface area contributed by atoms with Crippen LogP contribution in [0, 0.1) is 6.92 Å². The standard InChI is InChI=1S/C18H18ClN5O3S/c1-12-9-21-16(10-20-12)18-23-22-17(27-18)13-4-3-7-24(11-13)28(25,26)15-6-2-5-14(19)8-15/h2,5-6,8-10,13H,3-4,7,11H2,1H3/t13-/m0/s1. The number of hydrogen-bond acceptors (Lipinski definition) is 7. The molecule has 28 heavy (non-hydrogen) atoms. The van der Waals surface area contributed by atoms with Gasteiger partial charge in [-0.3, -0.25) is 4.98 Å². The number of sulfonamides is 1. The summed E-state index contributed by atoms with van der Waals surface area (Å²) in [6, 6.07) is 6.28. The average molecular weight is 420 g/mol. The van der Waals surface area contributed by atoms with Crippen LogP contribution < -0.4 is 0 Å². The van der Waals surface area contributed by atoms with Gasteiger partial charge in [0.15, 0.2) is 0 Å². The first kappa shape index (κ1) is 19.0. The second kappa shape index (κ2) is 7.57. The molecular formula is C18H18ClN5O3S. The monoisotopic (exact) mass is 419 g/mol. The Labute approximate surface area is 167 Å². The van der Waals surface area contributed by atoms with Crippen LogP contribution in [0.4, 0.5) is 0 Å². The van der Waals surface area contributed by atoms with Crippen LogP contribution in [0.15, 0.2) is 46.0 Å². The number of benzene rings is 1. The van der Waals surface area contributed by atoms with Crippen molar-refractivity contribution in [3.05, 3.63) is 53.3 Å². The van der Waals surface area contributed by atoms with E-state index in [9.17, 15) is 8.42 Å². The normalized spacial score (nSPS) is 18.3. The molecule has 0 unspecified atom stereocenters. The SMILES string of the molecule is Cc1cnc(-c2nnc([C@H]3CCCN(S(=O)(=O)c4cccc(Cl)c4)C3)o2)cn1. The molecule has 0 radical (unpaired) electrons. The summed E-state index contributed by atoms with van der Waals surface area (Å²) in [5.74, 6) is 0.503. The lowest BCUT2D eigenvalue weighted by atomic mass is 10.00. The third kappa shape index (κ3) is 3.78. The summed E-state index contributed by atoms with van der Waals surface area (Å²) in [5.41, 5.74) is 1.28. The maximum absolute atomic E-state index is 13.0. The van der Waals surface area contributed by atoms with Gasteiger partial charge < -0.3 is 4.42 Å². The fraction of sp³-hybridized carbons (Fsp3) is 0.333. The van der Waals surface area contributed by atoms with Gasteiger partial charge in [0.25, 0.3) is 5.89 Å². The highest BCUT2D eigenvalue weighted by atomic mass is 35.5. The Balaban J connectivity index is 1.55. The average Bonchev–Trinajstić information content (AvgIpc) is 3.19. The lowest BCUT2D eigenvalue weighted by Gasteiger charge is -2.30. The highest BCUT2D eigenvalue weighted by Crippen LogP contribution is 2.31. The van der Waals surface area contributed by atoms with Gasteiger partial charge in [-0.1, -0.05) is 17.7 Å². The van der Waals surface area contributed by atoms with E-state index in [0.29, 0.717) is 29.6 Å². The lowest BCUT2D eigenvalue weighted by molar-refractivity contribution is 0.286. The molecule has 2 aromatic heterocycles. The molecule has 10 heteroatoms. The van der Waals surface area contributed by atoms with Gasteiger partial charge in [0.2, 0.25) is 15.9 Å². The van der Waals surface area contributed by atoms with E-state index in [2.05, 4.69) is 20.2 Å². The fourth-order valence-electron chi connectivity index (χ4n) is 3.14. The van der Waals surface area contributed by atoms with Gasteiger partial charge in [0.1, 0.15) is 5.69 Å². The molecule has 3 heterocycles. The predicted molar refractivity (Wildman–Crippen MR) is 102 cm³/mol. The molecule has 1 fully saturated rings. The molecule has 1 atom stereocenters. The van der Waals surface area contributed by atoms with Crippen LogP contribution in [0.25, 0.3) is 11.6 Å². The minimum atomic E-state index is -3.64. The zero-order valence-corrected chi connectivity index (χ0v) is 16.7. The highest BCUT2D eigenvalue weighted by molar-refractivity contribution is 7.89. The van der Waals surface area contributed by atoms with Crippen LogP contribution in [0.2, 0.25) is 5.02 Å². The van der Waals surface area contributed by atoms with Gasteiger partial charge in [-0.25, -0.2) is 13.4 Å². The van der Waals surface area contributed by atoms with Crippen molar-refractivity contribution in [1.29, 1.82) is 0 Å². The molecule has 1 aliphatic rings. The smallest absolute Gasteiger partial charge is 0.267 e. The lowest BCUT2D eigenvalue weighted by Crippen LogP contribution is -2.39. The summed E-state index contributed by atoms with van der Waals surface area (Å²) in [6.07, 6.45) is 4.66. The van der Waals surface area contributed by atoms with Crippen LogP contribution in [0.3, 0.4) is 0 Å². The first-order valence-corrected chi connectivity index (χ1v) is 10.6. The van der Waals surface area contributed by atoms with Crippen molar-refractivity contribution in [2.75, 3.05) is 13.1 Å². The molecule has 0 aliphatic carbocycles. The van der Waals surface area contributed by atoms with E-state index < -0.39 is 10.0 Å². The quantitative estimate of drug-likeness (QED) is 0.640. The van der Waals surface area contributed by atoms with Gasteiger partial charge in [-0.15, -0.1) is 10.2 Å². The van der Waals surface area contributed by atoms with Crippen LogP contribution >= 0.6 is 11.6 Å².